The van der Waals surface area contributed by atoms with Gasteiger partial charge in [-0.2, -0.15) is 0 Å². The molecule has 0 aromatic rings. The maximum Gasteiger partial charge on any atom is 0.310 e. The zero-order valence-electron chi connectivity index (χ0n) is 11.2. The largest absolute Gasteiger partial charge is 0.481 e. The lowest BCUT2D eigenvalue weighted by Crippen LogP contribution is -2.34. The Morgan fingerprint density at radius 3 is 2.24 bits per heavy atom. The summed E-state index contributed by atoms with van der Waals surface area (Å²) in [5.41, 5.74) is -0.594. The highest BCUT2D eigenvalue weighted by Gasteiger charge is 2.32. The smallest absolute Gasteiger partial charge is 0.310 e. The number of carboxylic acid groups (broad SMARTS) is 1. The molecule has 4 nitrogen and oxygen atoms in total. The Morgan fingerprint density at radius 2 is 1.88 bits per heavy atom. The molecule has 2 atom stereocenters. The summed E-state index contributed by atoms with van der Waals surface area (Å²) in [5.74, 6) is -2.82. The van der Waals surface area contributed by atoms with Crippen LogP contribution in [0.5, 0.6) is 0 Å². The third-order valence-electron chi connectivity index (χ3n) is 2.33. The number of aliphatic carboxylic acids is 1. The zero-order valence-corrected chi connectivity index (χ0v) is 11.2. The summed E-state index contributed by atoms with van der Waals surface area (Å²) in [5, 5.41) is 8.97. The van der Waals surface area contributed by atoms with Crippen LogP contribution in [0.15, 0.2) is 12.2 Å². The minimum atomic E-state index is -0.981. The first-order valence-corrected chi connectivity index (χ1v) is 5.76. The Morgan fingerprint density at radius 1 is 1.35 bits per heavy atom. The Hall–Kier alpha value is -1.32. The van der Waals surface area contributed by atoms with Gasteiger partial charge in [0, 0.05) is 0 Å². The summed E-state index contributed by atoms with van der Waals surface area (Å²) in [4.78, 5) is 22.8. The van der Waals surface area contributed by atoms with Gasteiger partial charge in [0.2, 0.25) is 0 Å². The van der Waals surface area contributed by atoms with Crippen molar-refractivity contribution in [2.45, 2.75) is 46.6 Å². The van der Waals surface area contributed by atoms with Gasteiger partial charge in [-0.15, -0.1) is 0 Å². The number of carbonyl (C=O) groups is 2. The van der Waals surface area contributed by atoms with Gasteiger partial charge in [0.05, 0.1) is 11.8 Å². The molecule has 0 aliphatic heterocycles. The second-order valence-corrected chi connectivity index (χ2v) is 5.07. The number of esters is 1. The normalized spacial score (nSPS) is 15.6. The third kappa shape index (κ3) is 6.09. The van der Waals surface area contributed by atoms with Crippen molar-refractivity contribution in [1.29, 1.82) is 0 Å². The average molecular weight is 242 g/mol. The van der Waals surface area contributed by atoms with Crippen LogP contribution >= 0.6 is 0 Å². The Balaban J connectivity index is 4.79. The first-order valence-electron chi connectivity index (χ1n) is 5.76. The molecule has 0 aliphatic rings. The lowest BCUT2D eigenvalue weighted by molar-refractivity contribution is -0.165. The molecule has 0 aromatic heterocycles. The van der Waals surface area contributed by atoms with Crippen molar-refractivity contribution in [2.75, 3.05) is 0 Å². The highest BCUT2D eigenvalue weighted by molar-refractivity contribution is 5.81. The van der Waals surface area contributed by atoms with Crippen LogP contribution in [0.25, 0.3) is 0 Å². The van der Waals surface area contributed by atoms with Gasteiger partial charge in [-0.1, -0.05) is 19.1 Å². The number of hydrogen-bond acceptors (Lipinski definition) is 3. The molecule has 0 spiro atoms. The molecule has 0 aliphatic carbocycles. The molecule has 0 rings (SSSR count). The van der Waals surface area contributed by atoms with Crippen molar-refractivity contribution in [3.63, 3.8) is 0 Å². The molecular formula is C13H22O4. The van der Waals surface area contributed by atoms with Gasteiger partial charge >= 0.3 is 11.9 Å². The van der Waals surface area contributed by atoms with E-state index in [2.05, 4.69) is 0 Å². The van der Waals surface area contributed by atoms with E-state index in [0.29, 0.717) is 6.42 Å². The molecule has 0 aromatic carbocycles. The van der Waals surface area contributed by atoms with Crippen molar-refractivity contribution in [1.82, 2.24) is 0 Å². The minimum absolute atomic E-state index is 0.388. The van der Waals surface area contributed by atoms with Gasteiger partial charge in [0.15, 0.2) is 0 Å². The average Bonchev–Trinajstić information content (AvgIpc) is 2.15. The summed E-state index contributed by atoms with van der Waals surface area (Å²) in [7, 11) is 0. The molecule has 0 amide bonds. The van der Waals surface area contributed by atoms with Gasteiger partial charge in [0.1, 0.15) is 5.60 Å². The molecule has 0 fully saturated rings. The summed E-state index contributed by atoms with van der Waals surface area (Å²) in [6, 6.07) is 0. The summed E-state index contributed by atoms with van der Waals surface area (Å²) in [6.07, 6.45) is 3.97. The fourth-order valence-electron chi connectivity index (χ4n) is 1.34. The van der Waals surface area contributed by atoms with E-state index < -0.39 is 29.4 Å². The fourth-order valence-corrected chi connectivity index (χ4v) is 1.34. The highest BCUT2D eigenvalue weighted by Crippen LogP contribution is 2.21. The van der Waals surface area contributed by atoms with Gasteiger partial charge in [-0.05, 0) is 34.1 Å². The van der Waals surface area contributed by atoms with Gasteiger partial charge < -0.3 is 9.84 Å². The molecule has 0 saturated carbocycles. The number of ether oxygens (including phenoxy) is 1. The Labute approximate surface area is 103 Å². The van der Waals surface area contributed by atoms with Crippen LogP contribution in [0.4, 0.5) is 0 Å². The van der Waals surface area contributed by atoms with Crippen LogP contribution in [-0.4, -0.2) is 22.6 Å². The molecule has 0 saturated heterocycles. The van der Waals surface area contributed by atoms with E-state index >= 15 is 0 Å². The van der Waals surface area contributed by atoms with E-state index in [4.69, 9.17) is 9.84 Å². The fraction of sp³-hybridized carbons (Fsp3) is 0.692. The molecule has 0 radical (unpaired) electrons. The molecule has 0 heterocycles. The van der Waals surface area contributed by atoms with Crippen LogP contribution in [0, 0.1) is 11.8 Å². The first kappa shape index (κ1) is 15.7. The van der Waals surface area contributed by atoms with E-state index in [0.717, 1.165) is 0 Å². The molecule has 1 N–H and O–H groups in total. The topological polar surface area (TPSA) is 63.6 Å². The Kier molecular flexibility index (Phi) is 5.93. The molecule has 0 bridgehead atoms. The van der Waals surface area contributed by atoms with Crippen LogP contribution in [0.2, 0.25) is 0 Å². The van der Waals surface area contributed by atoms with Crippen LogP contribution < -0.4 is 0 Å². The SMILES string of the molecule is CC=CCC(C(=O)OC(C)(C)C)C(C)C(=O)O. The van der Waals surface area contributed by atoms with Crippen LogP contribution in [0.1, 0.15) is 41.0 Å². The van der Waals surface area contributed by atoms with E-state index in [9.17, 15) is 9.59 Å². The Bertz CT molecular complexity index is 299. The van der Waals surface area contributed by atoms with Crippen LogP contribution in [0.3, 0.4) is 0 Å². The monoisotopic (exact) mass is 242 g/mol. The predicted molar refractivity (Wildman–Crippen MR) is 65.6 cm³/mol. The molecule has 2 unspecified atom stereocenters. The summed E-state index contributed by atoms with van der Waals surface area (Å²) in [6.45, 7) is 8.66. The van der Waals surface area contributed by atoms with E-state index in [1.54, 1.807) is 32.9 Å². The van der Waals surface area contributed by atoms with Crippen molar-refractivity contribution < 1.29 is 19.4 Å². The summed E-state index contributed by atoms with van der Waals surface area (Å²) >= 11 is 0. The quantitative estimate of drug-likeness (QED) is 0.594. The number of hydrogen-bond donors (Lipinski definition) is 1. The second-order valence-electron chi connectivity index (χ2n) is 5.07. The zero-order chi connectivity index (χ0) is 13.6. The minimum Gasteiger partial charge on any atom is -0.481 e. The maximum absolute atomic E-state index is 11.9. The van der Waals surface area contributed by atoms with E-state index in [1.807, 2.05) is 6.92 Å². The third-order valence-corrected chi connectivity index (χ3v) is 2.33. The second kappa shape index (κ2) is 6.42. The van der Waals surface area contributed by atoms with E-state index in [-0.39, 0.29) is 0 Å². The lowest BCUT2D eigenvalue weighted by Gasteiger charge is -2.25. The van der Waals surface area contributed by atoms with Gasteiger partial charge in [-0.25, -0.2) is 0 Å². The number of carboxylic acids is 1. The van der Waals surface area contributed by atoms with E-state index in [1.165, 1.54) is 6.92 Å². The van der Waals surface area contributed by atoms with Crippen molar-refractivity contribution in [3.8, 4) is 0 Å². The number of allylic oxidation sites excluding steroid dienone is 2. The van der Waals surface area contributed by atoms with Gasteiger partial charge in [-0.3, -0.25) is 9.59 Å². The number of carbonyl (C=O) groups excluding carboxylic acids is 1. The van der Waals surface area contributed by atoms with Crippen molar-refractivity contribution in [3.05, 3.63) is 12.2 Å². The summed E-state index contributed by atoms with van der Waals surface area (Å²) < 4.78 is 5.23. The predicted octanol–water partition coefficient (Wildman–Crippen LogP) is 2.63. The van der Waals surface area contributed by atoms with Crippen molar-refractivity contribution in [2.24, 2.45) is 11.8 Å². The molecule has 17 heavy (non-hydrogen) atoms. The highest BCUT2D eigenvalue weighted by atomic mass is 16.6. The van der Waals surface area contributed by atoms with Crippen LogP contribution in [-0.2, 0) is 14.3 Å². The van der Waals surface area contributed by atoms with Crippen molar-refractivity contribution >= 4 is 11.9 Å². The molecule has 98 valence electrons. The van der Waals surface area contributed by atoms with Gasteiger partial charge in [0.25, 0.3) is 0 Å². The standard InChI is InChI=1S/C13H22O4/c1-6-7-8-10(9(2)11(14)15)12(16)17-13(3,4)5/h6-7,9-10H,8H2,1-5H3,(H,14,15). The molecule has 4 heteroatoms. The molecular weight excluding hydrogens is 220 g/mol. The lowest BCUT2D eigenvalue weighted by atomic mass is 9.90. The number of rotatable bonds is 5. The first-order chi connectivity index (χ1) is 7.69. The maximum atomic E-state index is 11.9.